The zero-order valence-corrected chi connectivity index (χ0v) is 11.4. The van der Waals surface area contributed by atoms with Crippen molar-refractivity contribution in [2.24, 2.45) is 0 Å². The fourth-order valence-corrected chi connectivity index (χ4v) is 2.52. The number of pyridine rings is 1. The van der Waals surface area contributed by atoms with E-state index in [2.05, 4.69) is 0 Å². The number of fused-ring (bicyclic) bond motifs is 1. The molecule has 1 aromatic heterocycles. The Kier molecular flexibility index (Phi) is 2.83. The summed E-state index contributed by atoms with van der Waals surface area (Å²) in [5.41, 5.74) is -0.658. The quantitative estimate of drug-likeness (QED) is 0.926. The van der Waals surface area contributed by atoms with Crippen LogP contribution in [-0.2, 0) is 0 Å². The van der Waals surface area contributed by atoms with E-state index in [1.165, 1.54) is 19.2 Å². The largest absolute Gasteiger partial charge is 0.477 e. The molecule has 6 heteroatoms. The van der Waals surface area contributed by atoms with E-state index in [-0.39, 0.29) is 33.1 Å². The second-order valence-corrected chi connectivity index (χ2v) is 5.42. The minimum absolute atomic E-state index is 0.0184. The third-order valence-electron chi connectivity index (χ3n) is 3.61. The summed E-state index contributed by atoms with van der Waals surface area (Å²) in [6.07, 6.45) is 2.93. The highest BCUT2D eigenvalue weighted by molar-refractivity contribution is 6.32. The zero-order valence-electron chi connectivity index (χ0n) is 10.6. The van der Waals surface area contributed by atoms with Crippen LogP contribution < -0.4 is 5.43 Å². The van der Waals surface area contributed by atoms with Crippen molar-refractivity contribution in [1.82, 2.24) is 4.57 Å². The van der Waals surface area contributed by atoms with Crippen LogP contribution >= 0.6 is 11.6 Å². The van der Waals surface area contributed by atoms with Crippen molar-refractivity contribution in [2.45, 2.75) is 25.8 Å². The number of nitrogens with zero attached hydrogens (tertiary/aromatic N) is 1. The van der Waals surface area contributed by atoms with E-state index in [1.54, 1.807) is 4.57 Å². The average molecular weight is 296 g/mol. The molecule has 4 nitrogen and oxygen atoms in total. The lowest BCUT2D eigenvalue weighted by molar-refractivity contribution is 0.0695. The van der Waals surface area contributed by atoms with Gasteiger partial charge in [0.15, 0.2) is 5.82 Å². The maximum absolute atomic E-state index is 14.4. The molecule has 0 aliphatic heterocycles. The Morgan fingerprint density at radius 2 is 2.15 bits per heavy atom. The first kappa shape index (κ1) is 13.1. The van der Waals surface area contributed by atoms with Crippen molar-refractivity contribution in [3.05, 3.63) is 44.5 Å². The number of aromatic carboxylic acids is 1. The smallest absolute Gasteiger partial charge is 0.341 e. The van der Waals surface area contributed by atoms with E-state index in [4.69, 9.17) is 16.7 Å². The van der Waals surface area contributed by atoms with Gasteiger partial charge in [0.25, 0.3) is 0 Å². The van der Waals surface area contributed by atoms with Crippen molar-refractivity contribution < 1.29 is 14.3 Å². The number of hydrogen-bond donors (Lipinski definition) is 1. The Balaban J connectivity index is 2.52. The van der Waals surface area contributed by atoms with Crippen molar-refractivity contribution in [2.75, 3.05) is 0 Å². The number of rotatable bonds is 2. The molecule has 0 bridgehead atoms. The molecular formula is C14H11ClFNO3. The summed E-state index contributed by atoms with van der Waals surface area (Å²) < 4.78 is 16.0. The average Bonchev–Trinajstić information content (AvgIpc) is 3.21. The van der Waals surface area contributed by atoms with Crippen LogP contribution in [0.1, 0.15) is 34.8 Å². The van der Waals surface area contributed by atoms with Crippen LogP contribution in [0.4, 0.5) is 4.39 Å². The third-order valence-corrected chi connectivity index (χ3v) is 4.00. The lowest BCUT2D eigenvalue weighted by Crippen LogP contribution is -2.19. The van der Waals surface area contributed by atoms with Crippen LogP contribution in [0.2, 0.25) is 5.02 Å². The fourth-order valence-electron chi connectivity index (χ4n) is 2.33. The highest BCUT2D eigenvalue weighted by Crippen LogP contribution is 2.38. The zero-order chi connectivity index (χ0) is 14.6. The summed E-state index contributed by atoms with van der Waals surface area (Å²) in [4.78, 5) is 23.3. The molecule has 1 N–H and O–H groups in total. The summed E-state index contributed by atoms with van der Waals surface area (Å²) in [7, 11) is 0. The summed E-state index contributed by atoms with van der Waals surface area (Å²) in [6, 6.07) is 1.40. The van der Waals surface area contributed by atoms with E-state index in [1.807, 2.05) is 0 Å². The Hall–Kier alpha value is -1.88. The van der Waals surface area contributed by atoms with Gasteiger partial charge in [0.05, 0.1) is 10.9 Å². The SMILES string of the molecule is Cc1c(Cl)cc2c(=O)c(C(=O)O)cn(C3CC3)c2c1F. The molecule has 1 fully saturated rings. The number of carboxylic acid groups (broad SMARTS) is 1. The number of carboxylic acids is 1. The molecule has 1 saturated carbocycles. The summed E-state index contributed by atoms with van der Waals surface area (Å²) in [5.74, 6) is -1.88. The molecular weight excluding hydrogens is 285 g/mol. The monoisotopic (exact) mass is 295 g/mol. The number of halogens is 2. The molecule has 0 atom stereocenters. The lowest BCUT2D eigenvalue weighted by atomic mass is 10.1. The van der Waals surface area contributed by atoms with Crippen LogP contribution in [0, 0.1) is 12.7 Å². The third kappa shape index (κ3) is 1.81. The number of carbonyl (C=O) groups is 1. The Labute approximate surface area is 118 Å². The molecule has 104 valence electrons. The van der Waals surface area contributed by atoms with E-state index in [0.717, 1.165) is 12.8 Å². The first-order chi connectivity index (χ1) is 9.41. The van der Waals surface area contributed by atoms with Gasteiger partial charge in [0.2, 0.25) is 5.43 Å². The molecule has 0 unspecified atom stereocenters. The van der Waals surface area contributed by atoms with E-state index in [0.29, 0.717) is 0 Å². The van der Waals surface area contributed by atoms with Crippen molar-refractivity contribution in [3.8, 4) is 0 Å². The number of aromatic nitrogens is 1. The molecule has 20 heavy (non-hydrogen) atoms. The lowest BCUT2D eigenvalue weighted by Gasteiger charge is -2.14. The number of hydrogen-bond acceptors (Lipinski definition) is 2. The van der Waals surface area contributed by atoms with Gasteiger partial charge in [-0.1, -0.05) is 11.6 Å². The van der Waals surface area contributed by atoms with Crippen molar-refractivity contribution in [3.63, 3.8) is 0 Å². The molecule has 0 radical (unpaired) electrons. The fraction of sp³-hybridized carbons (Fsp3) is 0.286. The Morgan fingerprint density at radius 3 is 2.70 bits per heavy atom. The van der Waals surface area contributed by atoms with Gasteiger partial charge < -0.3 is 9.67 Å². The van der Waals surface area contributed by atoms with Gasteiger partial charge >= 0.3 is 5.97 Å². The van der Waals surface area contributed by atoms with Gasteiger partial charge in [-0.25, -0.2) is 9.18 Å². The molecule has 3 rings (SSSR count). The maximum Gasteiger partial charge on any atom is 0.341 e. The Morgan fingerprint density at radius 1 is 1.50 bits per heavy atom. The van der Waals surface area contributed by atoms with E-state index in [9.17, 15) is 14.0 Å². The van der Waals surface area contributed by atoms with Crippen molar-refractivity contribution in [1.29, 1.82) is 0 Å². The van der Waals surface area contributed by atoms with Gasteiger partial charge in [-0.2, -0.15) is 0 Å². The van der Waals surface area contributed by atoms with E-state index >= 15 is 0 Å². The molecule has 2 aromatic rings. The summed E-state index contributed by atoms with van der Waals surface area (Å²) in [5, 5.41) is 9.25. The van der Waals surface area contributed by atoms with Gasteiger partial charge in [0, 0.05) is 22.8 Å². The van der Waals surface area contributed by atoms with Crippen LogP contribution in [0.3, 0.4) is 0 Å². The van der Waals surface area contributed by atoms with Gasteiger partial charge in [-0.05, 0) is 25.8 Å². The predicted octanol–water partition coefficient (Wildman–Crippen LogP) is 3.14. The molecule has 0 amide bonds. The van der Waals surface area contributed by atoms with Gasteiger partial charge in [0.1, 0.15) is 5.56 Å². The van der Waals surface area contributed by atoms with Crippen LogP contribution in [-0.4, -0.2) is 15.6 Å². The molecule has 1 aromatic carbocycles. The number of benzene rings is 1. The standard InChI is InChI=1S/C14H11ClFNO3/c1-6-10(15)4-8-12(11(6)16)17(7-2-3-7)5-9(13(8)18)14(19)20/h4-5,7H,2-3H2,1H3,(H,19,20). The van der Waals surface area contributed by atoms with Gasteiger partial charge in [-0.3, -0.25) is 4.79 Å². The van der Waals surface area contributed by atoms with E-state index < -0.39 is 17.2 Å². The highest BCUT2D eigenvalue weighted by atomic mass is 35.5. The minimum atomic E-state index is -1.32. The summed E-state index contributed by atoms with van der Waals surface area (Å²) >= 11 is 5.91. The maximum atomic E-state index is 14.4. The van der Waals surface area contributed by atoms with Crippen LogP contribution in [0.15, 0.2) is 17.1 Å². The minimum Gasteiger partial charge on any atom is -0.477 e. The molecule has 1 heterocycles. The molecule has 1 aliphatic rings. The molecule has 0 saturated heterocycles. The highest BCUT2D eigenvalue weighted by Gasteiger charge is 2.28. The predicted molar refractivity (Wildman–Crippen MR) is 73.1 cm³/mol. The normalized spacial score (nSPS) is 14.8. The van der Waals surface area contributed by atoms with Gasteiger partial charge in [-0.15, -0.1) is 0 Å². The van der Waals surface area contributed by atoms with Crippen molar-refractivity contribution >= 4 is 28.5 Å². The second-order valence-electron chi connectivity index (χ2n) is 5.01. The second kappa shape index (κ2) is 4.31. The Bertz CT molecular complexity index is 808. The molecule has 1 aliphatic carbocycles. The summed E-state index contributed by atoms with van der Waals surface area (Å²) in [6.45, 7) is 1.53. The topological polar surface area (TPSA) is 59.3 Å². The van der Waals surface area contributed by atoms with Crippen LogP contribution in [0.25, 0.3) is 10.9 Å². The van der Waals surface area contributed by atoms with Crippen LogP contribution in [0.5, 0.6) is 0 Å². The molecule has 0 spiro atoms. The first-order valence-electron chi connectivity index (χ1n) is 6.18. The first-order valence-corrected chi connectivity index (χ1v) is 6.56.